The molecule has 1 amide bonds. The summed E-state index contributed by atoms with van der Waals surface area (Å²) in [4.78, 5) is 26.0. The standard InChI is InChI=1S/C22H20FN7OS/c1-14-11-15(2)27-22(26-14)32-13-19-20(21(31)25-12-17-5-3-4-10-24-17)28-29-30(19)18-8-6-16(23)7-9-18/h3-11H,12-13H2,1-2H3,(H,25,31). The van der Waals surface area contributed by atoms with E-state index in [1.54, 1.807) is 18.3 Å². The number of carbonyl (C=O) groups excluding carboxylic acids is 1. The van der Waals surface area contributed by atoms with Crippen LogP contribution in [0.4, 0.5) is 4.39 Å². The Labute approximate surface area is 188 Å². The van der Waals surface area contributed by atoms with E-state index >= 15 is 0 Å². The summed E-state index contributed by atoms with van der Waals surface area (Å²) in [6.45, 7) is 4.06. The molecule has 3 heterocycles. The quantitative estimate of drug-likeness (QED) is 0.341. The number of amides is 1. The second-order valence-corrected chi connectivity index (χ2v) is 7.94. The lowest BCUT2D eigenvalue weighted by Crippen LogP contribution is -2.25. The average Bonchev–Trinajstić information content (AvgIpc) is 3.20. The highest BCUT2D eigenvalue weighted by Gasteiger charge is 2.21. The number of rotatable bonds is 7. The zero-order valence-electron chi connectivity index (χ0n) is 17.5. The lowest BCUT2D eigenvalue weighted by molar-refractivity contribution is 0.0944. The minimum absolute atomic E-state index is 0.183. The van der Waals surface area contributed by atoms with Gasteiger partial charge in [0.15, 0.2) is 10.9 Å². The number of halogens is 1. The molecule has 0 aliphatic rings. The van der Waals surface area contributed by atoms with Gasteiger partial charge < -0.3 is 5.32 Å². The number of aryl methyl sites for hydroxylation is 2. The van der Waals surface area contributed by atoms with Crippen molar-refractivity contribution in [2.45, 2.75) is 31.3 Å². The third-order valence-electron chi connectivity index (χ3n) is 4.51. The Kier molecular flexibility index (Phi) is 6.50. The molecule has 0 bridgehead atoms. The van der Waals surface area contributed by atoms with Crippen molar-refractivity contribution in [2.24, 2.45) is 0 Å². The minimum atomic E-state index is -0.374. The van der Waals surface area contributed by atoms with Crippen LogP contribution in [-0.4, -0.2) is 35.9 Å². The van der Waals surface area contributed by atoms with E-state index in [-0.39, 0.29) is 24.0 Å². The number of aromatic nitrogens is 6. The molecule has 4 aromatic rings. The highest BCUT2D eigenvalue weighted by Crippen LogP contribution is 2.24. The van der Waals surface area contributed by atoms with Crippen LogP contribution in [0.5, 0.6) is 0 Å². The Balaban J connectivity index is 1.61. The number of hydrogen-bond acceptors (Lipinski definition) is 7. The zero-order chi connectivity index (χ0) is 22.5. The van der Waals surface area contributed by atoms with Crippen molar-refractivity contribution in [1.82, 2.24) is 35.3 Å². The first-order valence-corrected chi connectivity index (χ1v) is 10.8. The average molecular weight is 450 g/mol. The van der Waals surface area contributed by atoms with E-state index in [9.17, 15) is 9.18 Å². The molecule has 0 aliphatic heterocycles. The number of thioether (sulfide) groups is 1. The van der Waals surface area contributed by atoms with Crippen molar-refractivity contribution in [1.29, 1.82) is 0 Å². The van der Waals surface area contributed by atoms with Crippen LogP contribution in [0.1, 0.15) is 33.3 Å². The van der Waals surface area contributed by atoms with E-state index in [2.05, 4.69) is 30.6 Å². The van der Waals surface area contributed by atoms with E-state index < -0.39 is 0 Å². The van der Waals surface area contributed by atoms with Gasteiger partial charge in [0.25, 0.3) is 5.91 Å². The SMILES string of the molecule is Cc1cc(C)nc(SCc2c(C(=O)NCc3ccccn3)nnn2-c2ccc(F)cc2)n1. The number of carbonyl (C=O) groups is 1. The predicted octanol–water partition coefficient (Wildman–Crippen LogP) is 3.43. The second kappa shape index (κ2) is 9.65. The van der Waals surface area contributed by atoms with Gasteiger partial charge in [0.2, 0.25) is 0 Å². The van der Waals surface area contributed by atoms with E-state index in [0.29, 0.717) is 22.3 Å². The highest BCUT2D eigenvalue weighted by atomic mass is 32.2. The van der Waals surface area contributed by atoms with Crippen LogP contribution in [0.3, 0.4) is 0 Å². The predicted molar refractivity (Wildman–Crippen MR) is 118 cm³/mol. The molecule has 1 aromatic carbocycles. The van der Waals surface area contributed by atoms with Gasteiger partial charge in [-0.05, 0) is 56.3 Å². The maximum atomic E-state index is 13.4. The molecule has 0 radical (unpaired) electrons. The molecule has 4 rings (SSSR count). The molecule has 0 saturated heterocycles. The number of nitrogens with zero attached hydrogens (tertiary/aromatic N) is 6. The molecular formula is C22H20FN7OS. The van der Waals surface area contributed by atoms with E-state index in [4.69, 9.17) is 0 Å². The summed E-state index contributed by atoms with van der Waals surface area (Å²) >= 11 is 1.38. The molecule has 0 atom stereocenters. The first kappa shape index (κ1) is 21.6. The summed E-state index contributed by atoms with van der Waals surface area (Å²) in [6.07, 6.45) is 1.66. The smallest absolute Gasteiger partial charge is 0.274 e. The summed E-state index contributed by atoms with van der Waals surface area (Å²) in [7, 11) is 0. The van der Waals surface area contributed by atoms with Crippen LogP contribution in [0.2, 0.25) is 0 Å². The summed E-state index contributed by atoms with van der Waals surface area (Å²) in [6, 6.07) is 13.2. The molecule has 3 aromatic heterocycles. The molecule has 0 aliphatic carbocycles. The van der Waals surface area contributed by atoms with Crippen LogP contribution >= 0.6 is 11.8 Å². The van der Waals surface area contributed by atoms with Gasteiger partial charge in [0, 0.05) is 23.3 Å². The molecule has 10 heteroatoms. The van der Waals surface area contributed by atoms with Crippen molar-refractivity contribution in [2.75, 3.05) is 0 Å². The Hall–Kier alpha value is -3.66. The van der Waals surface area contributed by atoms with Crippen molar-refractivity contribution in [3.05, 3.63) is 89.0 Å². The maximum absolute atomic E-state index is 13.4. The summed E-state index contributed by atoms with van der Waals surface area (Å²) < 4.78 is 14.9. The normalized spacial score (nSPS) is 10.8. The molecular weight excluding hydrogens is 429 g/mol. The fourth-order valence-corrected chi connectivity index (χ4v) is 3.99. The van der Waals surface area contributed by atoms with Gasteiger partial charge in [0.05, 0.1) is 23.6 Å². The van der Waals surface area contributed by atoms with Gasteiger partial charge in [-0.3, -0.25) is 9.78 Å². The maximum Gasteiger partial charge on any atom is 0.274 e. The highest BCUT2D eigenvalue weighted by molar-refractivity contribution is 7.98. The first-order chi connectivity index (χ1) is 15.5. The van der Waals surface area contributed by atoms with Gasteiger partial charge in [-0.25, -0.2) is 19.0 Å². The first-order valence-electron chi connectivity index (χ1n) is 9.83. The largest absolute Gasteiger partial charge is 0.345 e. The van der Waals surface area contributed by atoms with Crippen molar-refractivity contribution >= 4 is 17.7 Å². The van der Waals surface area contributed by atoms with Crippen LogP contribution in [0.25, 0.3) is 5.69 Å². The fraction of sp³-hybridized carbons (Fsp3) is 0.182. The van der Waals surface area contributed by atoms with Gasteiger partial charge in [-0.1, -0.05) is 23.0 Å². The molecule has 162 valence electrons. The summed E-state index contributed by atoms with van der Waals surface area (Å²) in [5, 5.41) is 11.7. The van der Waals surface area contributed by atoms with Crippen LogP contribution in [0, 0.1) is 19.7 Å². The molecule has 0 fully saturated rings. The van der Waals surface area contributed by atoms with Gasteiger partial charge in [-0.15, -0.1) is 5.10 Å². The molecule has 0 saturated carbocycles. The van der Waals surface area contributed by atoms with Crippen molar-refractivity contribution < 1.29 is 9.18 Å². The van der Waals surface area contributed by atoms with E-state index in [1.807, 2.05) is 38.1 Å². The van der Waals surface area contributed by atoms with E-state index in [1.165, 1.54) is 28.6 Å². The topological polar surface area (TPSA) is 98.5 Å². The lowest BCUT2D eigenvalue weighted by atomic mass is 10.2. The third kappa shape index (κ3) is 5.14. The van der Waals surface area contributed by atoms with Crippen LogP contribution in [0.15, 0.2) is 59.9 Å². The Bertz CT molecular complexity index is 1210. The molecule has 8 nitrogen and oxygen atoms in total. The molecule has 0 unspecified atom stereocenters. The van der Waals surface area contributed by atoms with Gasteiger partial charge in [-0.2, -0.15) is 0 Å². The Morgan fingerprint density at radius 1 is 1.09 bits per heavy atom. The van der Waals surface area contributed by atoms with E-state index in [0.717, 1.165) is 17.1 Å². The molecule has 32 heavy (non-hydrogen) atoms. The fourth-order valence-electron chi connectivity index (χ4n) is 3.05. The second-order valence-electron chi connectivity index (χ2n) is 7.00. The summed E-state index contributed by atoms with van der Waals surface area (Å²) in [5.41, 5.74) is 3.79. The number of pyridine rings is 1. The van der Waals surface area contributed by atoms with Gasteiger partial charge >= 0.3 is 0 Å². The monoisotopic (exact) mass is 449 g/mol. The van der Waals surface area contributed by atoms with Crippen molar-refractivity contribution in [3.63, 3.8) is 0 Å². The number of hydrogen-bond donors (Lipinski definition) is 1. The third-order valence-corrected chi connectivity index (χ3v) is 5.36. The van der Waals surface area contributed by atoms with Crippen LogP contribution in [-0.2, 0) is 12.3 Å². The minimum Gasteiger partial charge on any atom is -0.345 e. The Morgan fingerprint density at radius 3 is 2.53 bits per heavy atom. The Morgan fingerprint density at radius 2 is 1.84 bits per heavy atom. The van der Waals surface area contributed by atoms with Crippen LogP contribution < -0.4 is 5.32 Å². The molecule has 0 spiro atoms. The number of benzene rings is 1. The lowest BCUT2D eigenvalue weighted by Gasteiger charge is -2.09. The zero-order valence-corrected chi connectivity index (χ0v) is 18.3. The number of nitrogens with one attached hydrogen (secondary N) is 1. The molecule has 1 N–H and O–H groups in total. The summed E-state index contributed by atoms with van der Waals surface area (Å²) in [5.74, 6) is -0.387. The van der Waals surface area contributed by atoms with Gasteiger partial charge in [0.1, 0.15) is 5.82 Å². The van der Waals surface area contributed by atoms with Crippen molar-refractivity contribution in [3.8, 4) is 5.69 Å².